The lowest BCUT2D eigenvalue weighted by Crippen LogP contribution is -2.00. The number of hydrogen-bond acceptors (Lipinski definition) is 3. The van der Waals surface area contributed by atoms with E-state index in [2.05, 4.69) is 21.2 Å². The van der Waals surface area contributed by atoms with Gasteiger partial charge in [-0.1, -0.05) is 23.9 Å². The Morgan fingerprint density at radius 3 is 2.72 bits per heavy atom. The van der Waals surface area contributed by atoms with Crippen LogP contribution in [0.1, 0.15) is 5.76 Å². The van der Waals surface area contributed by atoms with Gasteiger partial charge in [0.05, 0.1) is 17.3 Å². The molecule has 0 bridgehead atoms. The molecule has 6 heteroatoms. The summed E-state index contributed by atoms with van der Waals surface area (Å²) in [6.07, 6.45) is 1.57. The Morgan fingerprint density at radius 2 is 2.06 bits per heavy atom. The smallest absolute Gasteiger partial charge is 0.288 e. The van der Waals surface area contributed by atoms with Crippen LogP contribution in [0.3, 0.4) is 0 Å². The first kappa shape index (κ1) is 13.4. The van der Waals surface area contributed by atoms with Gasteiger partial charge in [-0.05, 0) is 34.1 Å². The van der Waals surface area contributed by atoms with Crippen molar-refractivity contribution in [1.29, 1.82) is 0 Å². The average molecular weight is 334 g/mol. The van der Waals surface area contributed by atoms with Gasteiger partial charge in [0.15, 0.2) is 0 Å². The van der Waals surface area contributed by atoms with E-state index >= 15 is 0 Å². The molecule has 0 amide bonds. The number of halogens is 3. The Labute approximate surface area is 116 Å². The number of alkyl halides is 2. The van der Waals surface area contributed by atoms with E-state index in [0.29, 0.717) is 28.9 Å². The fourth-order valence-electron chi connectivity index (χ4n) is 1.44. The molecule has 1 aromatic heterocycles. The molecule has 0 aliphatic carbocycles. The van der Waals surface area contributed by atoms with Crippen molar-refractivity contribution in [2.75, 3.05) is 5.32 Å². The summed E-state index contributed by atoms with van der Waals surface area (Å²) in [5.74, 6) is -1.70. The van der Waals surface area contributed by atoms with Crippen LogP contribution in [0.15, 0.2) is 50.4 Å². The van der Waals surface area contributed by atoms with Crippen LogP contribution in [0.25, 0.3) is 0 Å². The lowest BCUT2D eigenvalue weighted by Gasteiger charge is -2.10. The third kappa shape index (κ3) is 3.49. The summed E-state index contributed by atoms with van der Waals surface area (Å²) in [5.41, 5.74) is 0.672. The van der Waals surface area contributed by atoms with Gasteiger partial charge in [-0.3, -0.25) is 0 Å². The largest absolute Gasteiger partial charge is 0.466 e. The van der Waals surface area contributed by atoms with E-state index < -0.39 is 5.76 Å². The normalized spacial score (nSPS) is 10.9. The van der Waals surface area contributed by atoms with Crippen LogP contribution in [0.5, 0.6) is 0 Å². The summed E-state index contributed by atoms with van der Waals surface area (Å²) < 4.78 is 30.9. The first-order chi connectivity index (χ1) is 8.66. The molecule has 1 aromatic carbocycles. The Kier molecular flexibility index (Phi) is 4.66. The second-order valence-electron chi connectivity index (χ2n) is 3.42. The van der Waals surface area contributed by atoms with Gasteiger partial charge >= 0.3 is 0 Å². The highest BCUT2D eigenvalue weighted by Gasteiger charge is 2.10. The van der Waals surface area contributed by atoms with Gasteiger partial charge in [-0.15, -0.1) is 0 Å². The van der Waals surface area contributed by atoms with Crippen LogP contribution in [-0.4, -0.2) is 5.76 Å². The van der Waals surface area contributed by atoms with Crippen LogP contribution < -0.4 is 5.32 Å². The molecular formula is C12H10BrF2NOS. The third-order valence-corrected chi connectivity index (χ3v) is 3.73. The van der Waals surface area contributed by atoms with Gasteiger partial charge in [0.25, 0.3) is 5.76 Å². The molecule has 0 spiro atoms. The van der Waals surface area contributed by atoms with Gasteiger partial charge in [0, 0.05) is 10.6 Å². The van der Waals surface area contributed by atoms with Crippen molar-refractivity contribution in [1.82, 2.24) is 0 Å². The quantitative estimate of drug-likeness (QED) is 0.782. The maximum absolute atomic E-state index is 12.4. The molecule has 0 saturated heterocycles. The summed E-state index contributed by atoms with van der Waals surface area (Å²) in [4.78, 5) is 0.523. The minimum absolute atomic E-state index is 0.439. The Morgan fingerprint density at radius 1 is 1.28 bits per heavy atom. The first-order valence-electron chi connectivity index (χ1n) is 5.16. The molecule has 0 aliphatic heterocycles. The van der Waals surface area contributed by atoms with Crippen LogP contribution in [0.4, 0.5) is 14.5 Å². The molecule has 0 atom stereocenters. The van der Waals surface area contributed by atoms with Crippen LogP contribution in [-0.2, 0) is 6.54 Å². The second-order valence-corrected chi connectivity index (χ2v) is 5.31. The van der Waals surface area contributed by atoms with Gasteiger partial charge < -0.3 is 9.73 Å². The zero-order chi connectivity index (χ0) is 13.0. The molecule has 0 aliphatic rings. The van der Waals surface area contributed by atoms with E-state index in [-0.39, 0.29) is 0 Å². The number of para-hydroxylation sites is 1. The minimum atomic E-state index is -2.43. The predicted octanol–water partition coefficient (Wildman–Crippen LogP) is 4.97. The van der Waals surface area contributed by atoms with Crippen LogP contribution in [0.2, 0.25) is 0 Å². The molecule has 0 unspecified atom stereocenters. The molecule has 96 valence electrons. The van der Waals surface area contributed by atoms with Crippen molar-refractivity contribution < 1.29 is 13.2 Å². The number of anilines is 1. The highest BCUT2D eigenvalue weighted by Crippen LogP contribution is 2.32. The number of benzene rings is 1. The summed E-state index contributed by atoms with van der Waals surface area (Å²) in [5, 5.41) is 3.08. The molecule has 0 fully saturated rings. The monoisotopic (exact) mass is 333 g/mol. The van der Waals surface area contributed by atoms with Gasteiger partial charge in [-0.2, -0.15) is 8.78 Å². The number of thioether (sulfide) groups is 1. The number of nitrogens with one attached hydrogen (secondary N) is 1. The van der Waals surface area contributed by atoms with Crippen molar-refractivity contribution >= 4 is 33.4 Å². The van der Waals surface area contributed by atoms with Crippen LogP contribution in [0, 0.1) is 0 Å². The summed E-state index contributed by atoms with van der Waals surface area (Å²) in [7, 11) is 0. The Hall–Kier alpha value is -1.01. The molecule has 1 heterocycles. The van der Waals surface area contributed by atoms with E-state index in [9.17, 15) is 8.78 Å². The highest BCUT2D eigenvalue weighted by molar-refractivity contribution is 9.10. The standard InChI is InChI=1S/C12H10BrF2NOS/c13-8-5-6-17-10(8)7-16-9-3-1-2-4-11(9)18-12(14)15/h1-6,12,16H,7H2. The van der Waals surface area contributed by atoms with Crippen molar-refractivity contribution in [3.63, 3.8) is 0 Å². The third-order valence-electron chi connectivity index (χ3n) is 2.23. The average Bonchev–Trinajstić information content (AvgIpc) is 2.73. The zero-order valence-corrected chi connectivity index (χ0v) is 11.6. The first-order valence-corrected chi connectivity index (χ1v) is 6.83. The molecule has 2 nitrogen and oxygen atoms in total. The fraction of sp³-hybridized carbons (Fsp3) is 0.167. The second kappa shape index (κ2) is 6.24. The highest BCUT2D eigenvalue weighted by atomic mass is 79.9. The van der Waals surface area contributed by atoms with Crippen LogP contribution >= 0.6 is 27.7 Å². The maximum Gasteiger partial charge on any atom is 0.288 e. The SMILES string of the molecule is FC(F)Sc1ccccc1NCc1occc1Br. The van der Waals surface area contributed by atoms with E-state index in [1.807, 2.05) is 0 Å². The number of furan rings is 1. The molecule has 2 aromatic rings. The summed E-state index contributed by atoms with van der Waals surface area (Å²) in [6, 6.07) is 8.75. The summed E-state index contributed by atoms with van der Waals surface area (Å²) in [6.45, 7) is 0.439. The molecular weight excluding hydrogens is 324 g/mol. The minimum Gasteiger partial charge on any atom is -0.466 e. The van der Waals surface area contributed by atoms with E-state index in [4.69, 9.17) is 4.42 Å². The van der Waals surface area contributed by atoms with E-state index in [0.717, 1.165) is 10.2 Å². The van der Waals surface area contributed by atoms with Crippen molar-refractivity contribution in [3.8, 4) is 0 Å². The summed E-state index contributed by atoms with van der Waals surface area (Å²) >= 11 is 3.87. The molecule has 2 rings (SSSR count). The molecule has 1 N–H and O–H groups in total. The zero-order valence-electron chi connectivity index (χ0n) is 9.20. The van der Waals surface area contributed by atoms with Gasteiger partial charge in [0.1, 0.15) is 5.76 Å². The lowest BCUT2D eigenvalue weighted by molar-refractivity contribution is 0.252. The number of rotatable bonds is 5. The molecule has 0 radical (unpaired) electrons. The van der Waals surface area contributed by atoms with E-state index in [1.54, 1.807) is 36.6 Å². The Bertz CT molecular complexity index is 518. The topological polar surface area (TPSA) is 25.2 Å². The molecule has 0 saturated carbocycles. The van der Waals surface area contributed by atoms with E-state index in [1.165, 1.54) is 0 Å². The van der Waals surface area contributed by atoms with Crippen molar-refractivity contribution in [2.45, 2.75) is 17.2 Å². The molecule has 18 heavy (non-hydrogen) atoms. The van der Waals surface area contributed by atoms with Crippen molar-refractivity contribution in [2.24, 2.45) is 0 Å². The van der Waals surface area contributed by atoms with Gasteiger partial charge in [0.2, 0.25) is 0 Å². The lowest BCUT2D eigenvalue weighted by atomic mass is 10.3. The predicted molar refractivity (Wildman–Crippen MR) is 72.0 cm³/mol. The Balaban J connectivity index is 2.07. The number of hydrogen-bond donors (Lipinski definition) is 1. The van der Waals surface area contributed by atoms with Gasteiger partial charge in [-0.25, -0.2) is 0 Å². The maximum atomic E-state index is 12.4. The van der Waals surface area contributed by atoms with Crippen molar-refractivity contribution in [3.05, 3.63) is 46.8 Å². The fourth-order valence-corrected chi connectivity index (χ4v) is 2.40.